The summed E-state index contributed by atoms with van der Waals surface area (Å²) in [5.74, 6) is 0. The molecular weight excluding hydrogens is 214 g/mol. The van der Waals surface area contributed by atoms with Gasteiger partial charge in [0.1, 0.15) is 0 Å². The van der Waals surface area contributed by atoms with Gasteiger partial charge in [0, 0.05) is 12.1 Å². The largest absolute Gasteiger partial charge is 0.453 e. The fourth-order valence-electron chi connectivity index (χ4n) is 2.81. The second kappa shape index (κ2) is 7.57. The molecule has 3 nitrogen and oxygen atoms in total. The van der Waals surface area contributed by atoms with Gasteiger partial charge in [-0.25, -0.2) is 4.79 Å². The quantitative estimate of drug-likeness (QED) is 0.704. The van der Waals surface area contributed by atoms with Gasteiger partial charge in [0.15, 0.2) is 0 Å². The summed E-state index contributed by atoms with van der Waals surface area (Å²) in [4.78, 5) is 13.9. The maximum atomic E-state index is 11.9. The molecule has 1 rings (SSSR count). The highest BCUT2D eigenvalue weighted by atomic mass is 16.5. The van der Waals surface area contributed by atoms with E-state index in [4.69, 9.17) is 4.74 Å². The highest BCUT2D eigenvalue weighted by Gasteiger charge is 2.36. The van der Waals surface area contributed by atoms with E-state index in [0.717, 1.165) is 25.7 Å². The molecule has 0 saturated carbocycles. The van der Waals surface area contributed by atoms with Crippen LogP contribution in [0.4, 0.5) is 4.79 Å². The van der Waals surface area contributed by atoms with E-state index in [-0.39, 0.29) is 6.09 Å². The third-order valence-electron chi connectivity index (χ3n) is 3.79. The van der Waals surface area contributed by atoms with Gasteiger partial charge in [-0.2, -0.15) is 0 Å². The Morgan fingerprint density at radius 3 is 1.94 bits per heavy atom. The van der Waals surface area contributed by atoms with Gasteiger partial charge in [0.2, 0.25) is 0 Å². The van der Waals surface area contributed by atoms with Gasteiger partial charge in [-0.3, -0.25) is 0 Å². The number of amides is 1. The Balaban J connectivity index is 2.57. The fraction of sp³-hybridized carbons (Fsp3) is 0.929. The molecule has 1 aliphatic heterocycles. The van der Waals surface area contributed by atoms with Gasteiger partial charge >= 0.3 is 6.09 Å². The molecule has 17 heavy (non-hydrogen) atoms. The number of hydrogen-bond acceptors (Lipinski definition) is 2. The molecule has 0 N–H and O–H groups in total. The third-order valence-corrected chi connectivity index (χ3v) is 3.79. The minimum absolute atomic E-state index is 0.121. The molecule has 0 aromatic carbocycles. The van der Waals surface area contributed by atoms with Crippen LogP contribution in [0.5, 0.6) is 0 Å². The standard InChI is InChI=1S/C14H27NO2/c1-4-6-8-12-10-11-13(9-7-5-2)15(12)14(16)17-3/h12-13H,4-11H2,1-3H3. The van der Waals surface area contributed by atoms with E-state index >= 15 is 0 Å². The van der Waals surface area contributed by atoms with Gasteiger partial charge in [-0.1, -0.05) is 39.5 Å². The molecule has 0 radical (unpaired) electrons. The minimum atomic E-state index is -0.121. The zero-order chi connectivity index (χ0) is 12.7. The SMILES string of the molecule is CCCCC1CCC(CCCC)N1C(=O)OC. The number of methoxy groups -OCH3 is 1. The highest BCUT2D eigenvalue weighted by molar-refractivity contribution is 5.68. The molecule has 1 heterocycles. The van der Waals surface area contributed by atoms with Crippen LogP contribution in [-0.2, 0) is 4.74 Å². The molecule has 0 bridgehead atoms. The van der Waals surface area contributed by atoms with Crippen LogP contribution in [0.2, 0.25) is 0 Å². The molecule has 0 spiro atoms. The molecule has 0 aromatic rings. The normalized spacial score (nSPS) is 24.1. The van der Waals surface area contributed by atoms with Gasteiger partial charge in [0.05, 0.1) is 7.11 Å². The summed E-state index contributed by atoms with van der Waals surface area (Å²) in [6.45, 7) is 4.40. The zero-order valence-corrected chi connectivity index (χ0v) is 11.6. The maximum Gasteiger partial charge on any atom is 0.409 e. The topological polar surface area (TPSA) is 29.5 Å². The lowest BCUT2D eigenvalue weighted by Crippen LogP contribution is -2.41. The first-order valence-electron chi connectivity index (χ1n) is 7.10. The number of nitrogens with zero attached hydrogens (tertiary/aromatic N) is 1. The molecule has 2 atom stereocenters. The first-order chi connectivity index (χ1) is 8.24. The van der Waals surface area contributed by atoms with Gasteiger partial charge in [0.25, 0.3) is 0 Å². The van der Waals surface area contributed by atoms with Crippen molar-refractivity contribution in [3.8, 4) is 0 Å². The third kappa shape index (κ3) is 3.90. The van der Waals surface area contributed by atoms with Crippen molar-refractivity contribution in [1.82, 2.24) is 4.90 Å². The van der Waals surface area contributed by atoms with Gasteiger partial charge in [-0.15, -0.1) is 0 Å². The van der Waals surface area contributed by atoms with Gasteiger partial charge < -0.3 is 9.64 Å². The van der Waals surface area contributed by atoms with Crippen LogP contribution < -0.4 is 0 Å². The molecule has 1 aliphatic rings. The number of carbonyl (C=O) groups is 1. The molecule has 1 amide bonds. The smallest absolute Gasteiger partial charge is 0.409 e. The second-order valence-corrected chi connectivity index (χ2v) is 5.05. The minimum Gasteiger partial charge on any atom is -0.453 e. The lowest BCUT2D eigenvalue weighted by Gasteiger charge is -2.29. The molecule has 2 unspecified atom stereocenters. The summed E-state index contributed by atoms with van der Waals surface area (Å²) in [6, 6.07) is 0.841. The second-order valence-electron chi connectivity index (χ2n) is 5.05. The van der Waals surface area contributed by atoms with Crippen molar-refractivity contribution in [3.63, 3.8) is 0 Å². The van der Waals surface area contributed by atoms with Crippen molar-refractivity contribution in [1.29, 1.82) is 0 Å². The van der Waals surface area contributed by atoms with E-state index in [1.807, 2.05) is 4.90 Å². The van der Waals surface area contributed by atoms with Crippen molar-refractivity contribution in [2.45, 2.75) is 77.3 Å². The Morgan fingerprint density at radius 2 is 1.59 bits per heavy atom. The monoisotopic (exact) mass is 241 g/mol. The molecule has 1 fully saturated rings. The Kier molecular flexibility index (Phi) is 6.38. The Bertz CT molecular complexity index is 214. The number of likely N-dealkylation sites (tertiary alicyclic amines) is 1. The first-order valence-corrected chi connectivity index (χ1v) is 7.10. The molecule has 100 valence electrons. The predicted molar refractivity (Wildman–Crippen MR) is 70.1 cm³/mol. The number of hydrogen-bond donors (Lipinski definition) is 0. The highest BCUT2D eigenvalue weighted by Crippen LogP contribution is 2.31. The lowest BCUT2D eigenvalue weighted by molar-refractivity contribution is 0.0976. The van der Waals surface area contributed by atoms with Crippen LogP contribution in [0, 0.1) is 0 Å². The van der Waals surface area contributed by atoms with E-state index in [1.165, 1.54) is 32.8 Å². The van der Waals surface area contributed by atoms with E-state index in [1.54, 1.807) is 0 Å². The summed E-state index contributed by atoms with van der Waals surface area (Å²) in [6.07, 6.45) is 9.27. The van der Waals surface area contributed by atoms with Crippen molar-refractivity contribution < 1.29 is 9.53 Å². The summed E-state index contributed by atoms with van der Waals surface area (Å²) >= 11 is 0. The lowest BCUT2D eigenvalue weighted by atomic mass is 10.1. The summed E-state index contributed by atoms with van der Waals surface area (Å²) in [7, 11) is 1.49. The van der Waals surface area contributed by atoms with E-state index in [2.05, 4.69) is 13.8 Å². The van der Waals surface area contributed by atoms with E-state index < -0.39 is 0 Å². The predicted octanol–water partition coefficient (Wildman–Crippen LogP) is 3.97. The first kappa shape index (κ1) is 14.3. The Morgan fingerprint density at radius 1 is 1.12 bits per heavy atom. The van der Waals surface area contributed by atoms with E-state index in [9.17, 15) is 4.79 Å². The Labute approximate surface area is 106 Å². The molecule has 0 aromatic heterocycles. The average Bonchev–Trinajstić information content (AvgIpc) is 2.75. The molecule has 0 aliphatic carbocycles. The molecule has 3 heteroatoms. The number of carbonyl (C=O) groups excluding carboxylic acids is 1. The Hall–Kier alpha value is -0.730. The number of ether oxygens (including phenoxy) is 1. The average molecular weight is 241 g/mol. The van der Waals surface area contributed by atoms with Crippen LogP contribution in [-0.4, -0.2) is 30.2 Å². The van der Waals surface area contributed by atoms with Crippen molar-refractivity contribution in [3.05, 3.63) is 0 Å². The molecule has 1 saturated heterocycles. The maximum absolute atomic E-state index is 11.9. The van der Waals surface area contributed by atoms with Crippen LogP contribution >= 0.6 is 0 Å². The summed E-state index contributed by atoms with van der Waals surface area (Å²) < 4.78 is 4.94. The number of unbranched alkanes of at least 4 members (excludes halogenated alkanes) is 2. The fourth-order valence-corrected chi connectivity index (χ4v) is 2.81. The van der Waals surface area contributed by atoms with Gasteiger partial charge in [-0.05, 0) is 25.7 Å². The zero-order valence-electron chi connectivity index (χ0n) is 11.6. The summed E-state index contributed by atoms with van der Waals surface area (Å²) in [5, 5.41) is 0. The number of rotatable bonds is 6. The van der Waals surface area contributed by atoms with Crippen molar-refractivity contribution >= 4 is 6.09 Å². The van der Waals surface area contributed by atoms with Crippen molar-refractivity contribution in [2.24, 2.45) is 0 Å². The van der Waals surface area contributed by atoms with Crippen LogP contribution in [0.1, 0.15) is 65.2 Å². The van der Waals surface area contributed by atoms with Crippen LogP contribution in [0.25, 0.3) is 0 Å². The summed E-state index contributed by atoms with van der Waals surface area (Å²) in [5.41, 5.74) is 0. The molecular formula is C14H27NO2. The van der Waals surface area contributed by atoms with Crippen LogP contribution in [0.3, 0.4) is 0 Å². The van der Waals surface area contributed by atoms with E-state index in [0.29, 0.717) is 12.1 Å². The van der Waals surface area contributed by atoms with Crippen molar-refractivity contribution in [2.75, 3.05) is 7.11 Å². The van der Waals surface area contributed by atoms with Crippen LogP contribution in [0.15, 0.2) is 0 Å².